The molecule has 0 radical (unpaired) electrons. The van der Waals surface area contributed by atoms with E-state index in [0.717, 1.165) is 37.6 Å². The smallest absolute Gasteiger partial charge is 0.0838 e. The Hall–Kier alpha value is -0.120. The number of rotatable bonds is 3. The third-order valence-corrected chi connectivity index (χ3v) is 4.47. The molecule has 4 aliphatic rings. The average molecular weight is 210 g/mol. The van der Waals surface area contributed by atoms with E-state index >= 15 is 0 Å². The second-order valence-electron chi connectivity index (χ2n) is 5.60. The first-order valence-electron chi connectivity index (χ1n) is 6.25. The summed E-state index contributed by atoms with van der Waals surface area (Å²) in [6.07, 6.45) is 5.73. The molecule has 3 nitrogen and oxygen atoms in total. The number of ether oxygens (including phenoxy) is 3. The predicted octanol–water partition coefficient (Wildman–Crippen LogP) is 1.22. The van der Waals surface area contributed by atoms with Crippen LogP contribution >= 0.6 is 0 Å². The standard InChI is InChI=1S/C12H18O3/c1-7(10-4-13-10)2-9(12-6-15-12)3-8(1)11-5-14-11/h7-12H,1-6H2. The van der Waals surface area contributed by atoms with Gasteiger partial charge < -0.3 is 14.2 Å². The number of hydrogen-bond donors (Lipinski definition) is 0. The molecule has 3 heterocycles. The zero-order chi connectivity index (χ0) is 9.83. The molecule has 4 fully saturated rings. The second-order valence-corrected chi connectivity index (χ2v) is 5.60. The van der Waals surface area contributed by atoms with E-state index in [0.29, 0.717) is 18.3 Å². The molecule has 0 spiro atoms. The van der Waals surface area contributed by atoms with Gasteiger partial charge in [0.05, 0.1) is 38.1 Å². The fourth-order valence-corrected chi connectivity index (χ4v) is 3.35. The lowest BCUT2D eigenvalue weighted by molar-refractivity contribution is 0.121. The summed E-state index contributed by atoms with van der Waals surface area (Å²) in [5, 5.41) is 0. The average Bonchev–Trinajstić information content (AvgIpc) is 3.20. The minimum Gasteiger partial charge on any atom is -0.373 e. The molecule has 0 bridgehead atoms. The summed E-state index contributed by atoms with van der Waals surface area (Å²) < 4.78 is 16.4. The van der Waals surface area contributed by atoms with Crippen LogP contribution in [0.2, 0.25) is 0 Å². The highest BCUT2D eigenvalue weighted by Gasteiger charge is 2.48. The van der Waals surface area contributed by atoms with Crippen LogP contribution in [0.3, 0.4) is 0 Å². The van der Waals surface area contributed by atoms with Crippen molar-refractivity contribution in [1.29, 1.82) is 0 Å². The predicted molar refractivity (Wildman–Crippen MR) is 53.5 cm³/mol. The van der Waals surface area contributed by atoms with E-state index in [2.05, 4.69) is 0 Å². The van der Waals surface area contributed by atoms with E-state index < -0.39 is 0 Å². The lowest BCUT2D eigenvalue weighted by Gasteiger charge is -2.33. The van der Waals surface area contributed by atoms with Gasteiger partial charge in [-0.2, -0.15) is 0 Å². The van der Waals surface area contributed by atoms with Crippen molar-refractivity contribution in [2.24, 2.45) is 17.8 Å². The van der Waals surface area contributed by atoms with Crippen LogP contribution < -0.4 is 0 Å². The largest absolute Gasteiger partial charge is 0.373 e. The minimum atomic E-state index is 0.577. The van der Waals surface area contributed by atoms with Crippen LogP contribution in [0.1, 0.15) is 19.3 Å². The van der Waals surface area contributed by atoms with Crippen molar-refractivity contribution in [3.8, 4) is 0 Å². The van der Waals surface area contributed by atoms with E-state index in [1.807, 2.05) is 0 Å². The van der Waals surface area contributed by atoms with Crippen molar-refractivity contribution in [2.75, 3.05) is 19.8 Å². The van der Waals surface area contributed by atoms with Crippen LogP contribution in [0.25, 0.3) is 0 Å². The molecule has 3 atom stereocenters. The van der Waals surface area contributed by atoms with Gasteiger partial charge in [0.25, 0.3) is 0 Å². The molecule has 3 heteroatoms. The van der Waals surface area contributed by atoms with Gasteiger partial charge in [-0.3, -0.25) is 0 Å². The van der Waals surface area contributed by atoms with Crippen LogP contribution in [0.15, 0.2) is 0 Å². The fourth-order valence-electron chi connectivity index (χ4n) is 3.35. The monoisotopic (exact) mass is 210 g/mol. The van der Waals surface area contributed by atoms with Crippen LogP contribution in [-0.4, -0.2) is 38.1 Å². The third kappa shape index (κ3) is 1.81. The summed E-state index contributed by atoms with van der Waals surface area (Å²) in [6, 6.07) is 0. The summed E-state index contributed by atoms with van der Waals surface area (Å²) in [7, 11) is 0. The fraction of sp³-hybridized carbons (Fsp3) is 1.00. The Morgan fingerprint density at radius 1 is 0.533 bits per heavy atom. The molecule has 1 saturated carbocycles. The van der Waals surface area contributed by atoms with Gasteiger partial charge in [-0.15, -0.1) is 0 Å². The Kier molecular flexibility index (Phi) is 1.91. The first kappa shape index (κ1) is 8.97. The quantitative estimate of drug-likeness (QED) is 0.657. The Bertz CT molecular complexity index is 207. The van der Waals surface area contributed by atoms with Gasteiger partial charge >= 0.3 is 0 Å². The molecule has 4 rings (SSSR count). The molecule has 0 aromatic rings. The minimum absolute atomic E-state index is 0.577. The lowest BCUT2D eigenvalue weighted by Crippen LogP contribution is -2.31. The van der Waals surface area contributed by atoms with E-state index in [-0.39, 0.29) is 0 Å². The van der Waals surface area contributed by atoms with Crippen LogP contribution in [0.4, 0.5) is 0 Å². The zero-order valence-corrected chi connectivity index (χ0v) is 8.93. The Labute approximate surface area is 90.1 Å². The van der Waals surface area contributed by atoms with Gasteiger partial charge in [0.1, 0.15) is 0 Å². The van der Waals surface area contributed by atoms with Crippen molar-refractivity contribution in [2.45, 2.75) is 37.6 Å². The summed E-state index contributed by atoms with van der Waals surface area (Å²) in [4.78, 5) is 0. The van der Waals surface area contributed by atoms with Crippen LogP contribution in [0, 0.1) is 17.8 Å². The van der Waals surface area contributed by atoms with Crippen LogP contribution in [0.5, 0.6) is 0 Å². The summed E-state index contributed by atoms with van der Waals surface area (Å²) in [5.74, 6) is 2.38. The van der Waals surface area contributed by atoms with Crippen molar-refractivity contribution < 1.29 is 14.2 Å². The maximum Gasteiger partial charge on any atom is 0.0838 e. The molecule has 15 heavy (non-hydrogen) atoms. The second kappa shape index (κ2) is 3.19. The van der Waals surface area contributed by atoms with Gasteiger partial charge in [-0.05, 0) is 37.0 Å². The van der Waals surface area contributed by atoms with Gasteiger partial charge in [0.2, 0.25) is 0 Å². The van der Waals surface area contributed by atoms with Crippen molar-refractivity contribution in [1.82, 2.24) is 0 Å². The van der Waals surface area contributed by atoms with Crippen LogP contribution in [-0.2, 0) is 14.2 Å². The number of hydrogen-bond acceptors (Lipinski definition) is 3. The highest BCUT2D eigenvalue weighted by molar-refractivity contribution is 4.96. The van der Waals surface area contributed by atoms with Gasteiger partial charge in [-0.1, -0.05) is 0 Å². The van der Waals surface area contributed by atoms with Crippen molar-refractivity contribution in [3.63, 3.8) is 0 Å². The summed E-state index contributed by atoms with van der Waals surface area (Å²) in [6.45, 7) is 3.00. The van der Waals surface area contributed by atoms with Gasteiger partial charge in [0.15, 0.2) is 0 Å². The van der Waals surface area contributed by atoms with E-state index in [4.69, 9.17) is 14.2 Å². The number of epoxide rings is 3. The molecule has 0 aromatic heterocycles. The maximum absolute atomic E-state index is 5.46. The summed E-state index contributed by atoms with van der Waals surface area (Å²) in [5.41, 5.74) is 0. The highest BCUT2D eigenvalue weighted by atomic mass is 16.6. The third-order valence-electron chi connectivity index (χ3n) is 4.47. The van der Waals surface area contributed by atoms with Crippen molar-refractivity contribution >= 4 is 0 Å². The molecule has 3 unspecified atom stereocenters. The molecule has 1 aliphatic carbocycles. The summed E-state index contributed by atoms with van der Waals surface area (Å²) >= 11 is 0. The molecule has 0 amide bonds. The molecule has 84 valence electrons. The van der Waals surface area contributed by atoms with Gasteiger partial charge in [-0.25, -0.2) is 0 Å². The molecule has 0 aromatic carbocycles. The Morgan fingerprint density at radius 2 is 0.800 bits per heavy atom. The SMILES string of the molecule is C1C(C2CO2)CC(C2CO2)CC1C1CO1. The van der Waals surface area contributed by atoms with Gasteiger partial charge in [0, 0.05) is 0 Å². The Balaban J connectivity index is 1.46. The van der Waals surface area contributed by atoms with E-state index in [9.17, 15) is 0 Å². The lowest BCUT2D eigenvalue weighted by atomic mass is 9.72. The molecule has 3 saturated heterocycles. The van der Waals surface area contributed by atoms with Crippen molar-refractivity contribution in [3.05, 3.63) is 0 Å². The molecule has 0 N–H and O–H groups in total. The maximum atomic E-state index is 5.46. The normalized spacial score (nSPS) is 57.6. The highest BCUT2D eigenvalue weighted by Crippen LogP contribution is 2.46. The van der Waals surface area contributed by atoms with E-state index in [1.165, 1.54) is 19.3 Å². The topological polar surface area (TPSA) is 37.6 Å². The molecular formula is C12H18O3. The first-order chi connectivity index (χ1) is 7.40. The first-order valence-corrected chi connectivity index (χ1v) is 6.25. The van der Waals surface area contributed by atoms with E-state index in [1.54, 1.807) is 0 Å². The Morgan fingerprint density at radius 3 is 1.00 bits per heavy atom. The molecule has 3 aliphatic heterocycles. The molecular weight excluding hydrogens is 192 g/mol. The zero-order valence-electron chi connectivity index (χ0n) is 8.93.